The third kappa shape index (κ3) is 5.82. The van der Waals surface area contributed by atoms with Gasteiger partial charge in [-0.2, -0.15) is 5.10 Å². The number of ether oxygens (including phenoxy) is 1. The first kappa shape index (κ1) is 23.1. The van der Waals surface area contributed by atoms with Crippen molar-refractivity contribution in [3.63, 3.8) is 0 Å². The summed E-state index contributed by atoms with van der Waals surface area (Å²) in [5, 5.41) is 7.87. The fourth-order valence-electron chi connectivity index (χ4n) is 4.33. The minimum absolute atomic E-state index is 0.0683. The van der Waals surface area contributed by atoms with Crippen molar-refractivity contribution in [2.75, 3.05) is 26.2 Å². The Morgan fingerprint density at radius 3 is 2.61 bits per heavy atom. The molecule has 0 saturated carbocycles. The highest BCUT2D eigenvalue weighted by molar-refractivity contribution is 5.76. The zero-order chi connectivity index (χ0) is 23.2. The molecule has 6 heteroatoms. The Morgan fingerprint density at radius 1 is 1.06 bits per heavy atom. The number of carbonyl (C=O) groups excluding carboxylic acids is 1. The highest BCUT2D eigenvalue weighted by Gasteiger charge is 2.20. The van der Waals surface area contributed by atoms with E-state index < -0.39 is 0 Å². The molecule has 0 radical (unpaired) electrons. The van der Waals surface area contributed by atoms with Crippen molar-refractivity contribution < 1.29 is 9.53 Å². The number of nitrogens with one attached hydrogen (secondary N) is 1. The summed E-state index contributed by atoms with van der Waals surface area (Å²) < 4.78 is 8.29. The van der Waals surface area contributed by atoms with Crippen LogP contribution in [0.1, 0.15) is 41.6 Å². The lowest BCUT2D eigenvalue weighted by molar-refractivity contribution is -0.121. The van der Waals surface area contributed by atoms with Gasteiger partial charge in [-0.15, -0.1) is 0 Å². The second-order valence-corrected chi connectivity index (χ2v) is 8.89. The van der Waals surface area contributed by atoms with Gasteiger partial charge >= 0.3 is 0 Å². The lowest BCUT2D eigenvalue weighted by atomic mass is 10.1. The van der Waals surface area contributed by atoms with E-state index in [1.165, 1.54) is 12.8 Å². The molecule has 1 amide bonds. The van der Waals surface area contributed by atoms with Crippen molar-refractivity contribution in [3.8, 4) is 17.3 Å². The first-order chi connectivity index (χ1) is 16.0. The smallest absolute Gasteiger partial charge is 0.226 e. The molecular weight excluding hydrogens is 412 g/mol. The molecule has 2 heterocycles. The zero-order valence-corrected chi connectivity index (χ0v) is 19.9. The van der Waals surface area contributed by atoms with Gasteiger partial charge in [-0.3, -0.25) is 4.79 Å². The van der Waals surface area contributed by atoms with Crippen LogP contribution in [0, 0.1) is 20.8 Å². The number of aryl methyl sites for hydroxylation is 3. The number of nitrogens with zero attached hydrogens (tertiary/aromatic N) is 3. The minimum atomic E-state index is 0.0683. The van der Waals surface area contributed by atoms with Gasteiger partial charge in [-0.1, -0.05) is 30.3 Å². The van der Waals surface area contributed by atoms with Gasteiger partial charge in [0.1, 0.15) is 5.75 Å². The van der Waals surface area contributed by atoms with Gasteiger partial charge in [-0.25, -0.2) is 4.68 Å². The van der Waals surface area contributed by atoms with Crippen molar-refractivity contribution in [3.05, 3.63) is 70.9 Å². The molecule has 0 bridgehead atoms. The molecule has 0 aliphatic carbocycles. The van der Waals surface area contributed by atoms with Crippen LogP contribution in [0.15, 0.2) is 48.5 Å². The maximum atomic E-state index is 12.5. The van der Waals surface area contributed by atoms with Gasteiger partial charge in [0.2, 0.25) is 11.8 Å². The van der Waals surface area contributed by atoms with Gasteiger partial charge in [0, 0.05) is 25.1 Å². The molecule has 0 unspecified atom stereocenters. The van der Waals surface area contributed by atoms with E-state index in [0.29, 0.717) is 25.3 Å². The number of hydrogen-bond acceptors (Lipinski definition) is 4. The number of aromatic nitrogens is 2. The van der Waals surface area contributed by atoms with Gasteiger partial charge in [0.15, 0.2) is 0 Å². The molecule has 2 aromatic carbocycles. The Kier molecular flexibility index (Phi) is 7.45. The highest BCUT2D eigenvalue weighted by atomic mass is 16.5. The largest absolute Gasteiger partial charge is 0.438 e. The van der Waals surface area contributed by atoms with Crippen molar-refractivity contribution in [2.24, 2.45) is 0 Å². The Bertz CT molecular complexity index is 1100. The summed E-state index contributed by atoms with van der Waals surface area (Å²) in [6.07, 6.45) is 3.52. The standard InChI is InChI=1S/C27H34N4O2/c1-20-9-8-11-23(19-20)31-27(33-25-12-5-4-10-21(25)2)24(22(3)29-31)13-14-26(32)28-15-18-30-16-6-7-17-30/h4-5,8-12,19H,6-7,13-18H2,1-3H3,(H,28,32). The van der Waals surface area contributed by atoms with Crippen LogP contribution in [0.25, 0.3) is 5.69 Å². The Hall–Kier alpha value is -3.12. The summed E-state index contributed by atoms with van der Waals surface area (Å²) in [6.45, 7) is 10.0. The van der Waals surface area contributed by atoms with Crippen LogP contribution < -0.4 is 10.1 Å². The van der Waals surface area contributed by atoms with Gasteiger partial charge in [0.05, 0.1) is 11.4 Å². The molecule has 6 nitrogen and oxygen atoms in total. The zero-order valence-electron chi connectivity index (χ0n) is 19.9. The summed E-state index contributed by atoms with van der Waals surface area (Å²) in [4.78, 5) is 15.0. The first-order valence-electron chi connectivity index (χ1n) is 11.9. The van der Waals surface area contributed by atoms with Gasteiger partial charge < -0.3 is 15.0 Å². The average molecular weight is 447 g/mol. The van der Waals surface area contributed by atoms with E-state index in [1.807, 2.05) is 54.9 Å². The molecule has 1 saturated heterocycles. The first-order valence-corrected chi connectivity index (χ1v) is 11.9. The van der Waals surface area contributed by atoms with Crippen LogP contribution >= 0.6 is 0 Å². The SMILES string of the molecule is Cc1cccc(-n2nc(C)c(CCC(=O)NCCN3CCCC3)c2Oc2ccccc2C)c1. The number of likely N-dealkylation sites (tertiary alicyclic amines) is 1. The maximum absolute atomic E-state index is 12.5. The molecule has 1 aliphatic rings. The lowest BCUT2D eigenvalue weighted by Crippen LogP contribution is -2.33. The summed E-state index contributed by atoms with van der Waals surface area (Å²) in [5.41, 5.74) is 5.00. The third-order valence-corrected chi connectivity index (χ3v) is 6.23. The summed E-state index contributed by atoms with van der Waals surface area (Å²) in [7, 11) is 0. The number of carbonyl (C=O) groups is 1. The Morgan fingerprint density at radius 2 is 1.85 bits per heavy atom. The van der Waals surface area contributed by atoms with Crippen LogP contribution in [-0.2, 0) is 11.2 Å². The summed E-state index contributed by atoms with van der Waals surface area (Å²) in [6, 6.07) is 16.2. The minimum Gasteiger partial charge on any atom is -0.438 e. The molecule has 1 aromatic heterocycles. The maximum Gasteiger partial charge on any atom is 0.226 e. The van der Waals surface area contributed by atoms with Crippen molar-refractivity contribution in [1.29, 1.82) is 0 Å². The topological polar surface area (TPSA) is 59.4 Å². The molecular formula is C27H34N4O2. The molecule has 1 fully saturated rings. The van der Waals surface area contributed by atoms with Crippen LogP contribution in [0.4, 0.5) is 0 Å². The van der Waals surface area contributed by atoms with E-state index in [2.05, 4.69) is 29.3 Å². The monoisotopic (exact) mass is 446 g/mol. The number of rotatable bonds is 9. The Labute approximate surface area is 196 Å². The lowest BCUT2D eigenvalue weighted by Gasteiger charge is -2.15. The predicted octanol–water partition coefficient (Wildman–Crippen LogP) is 4.73. The van der Waals surface area contributed by atoms with Crippen molar-refractivity contribution >= 4 is 5.91 Å². The van der Waals surface area contributed by atoms with E-state index >= 15 is 0 Å². The van der Waals surface area contributed by atoms with E-state index in [-0.39, 0.29) is 5.91 Å². The van der Waals surface area contributed by atoms with E-state index in [0.717, 1.165) is 53.5 Å². The quantitative estimate of drug-likeness (QED) is 0.516. The molecule has 174 valence electrons. The Balaban J connectivity index is 1.52. The van der Waals surface area contributed by atoms with Crippen LogP contribution in [0.5, 0.6) is 11.6 Å². The molecule has 3 aromatic rings. The fraction of sp³-hybridized carbons (Fsp3) is 0.407. The molecule has 1 aliphatic heterocycles. The molecule has 0 spiro atoms. The number of benzene rings is 2. The summed E-state index contributed by atoms with van der Waals surface area (Å²) >= 11 is 0. The van der Waals surface area contributed by atoms with E-state index in [1.54, 1.807) is 0 Å². The van der Waals surface area contributed by atoms with Gasteiger partial charge in [0.25, 0.3) is 0 Å². The van der Waals surface area contributed by atoms with Crippen LogP contribution in [0.2, 0.25) is 0 Å². The highest BCUT2D eigenvalue weighted by Crippen LogP contribution is 2.33. The molecule has 4 rings (SSSR count). The molecule has 0 atom stereocenters. The number of amides is 1. The van der Waals surface area contributed by atoms with Crippen LogP contribution in [-0.4, -0.2) is 46.8 Å². The average Bonchev–Trinajstić information content (AvgIpc) is 3.42. The van der Waals surface area contributed by atoms with Gasteiger partial charge in [-0.05, 0) is 82.4 Å². The second-order valence-electron chi connectivity index (χ2n) is 8.89. The molecule has 1 N–H and O–H groups in total. The predicted molar refractivity (Wildman–Crippen MR) is 131 cm³/mol. The third-order valence-electron chi connectivity index (χ3n) is 6.23. The van der Waals surface area contributed by atoms with E-state index in [9.17, 15) is 4.79 Å². The van der Waals surface area contributed by atoms with Crippen molar-refractivity contribution in [1.82, 2.24) is 20.0 Å². The van der Waals surface area contributed by atoms with Crippen molar-refractivity contribution in [2.45, 2.75) is 46.5 Å². The number of para-hydroxylation sites is 1. The van der Waals surface area contributed by atoms with Crippen LogP contribution in [0.3, 0.4) is 0 Å². The van der Waals surface area contributed by atoms with E-state index in [4.69, 9.17) is 9.84 Å². The normalized spacial score (nSPS) is 13.9. The summed E-state index contributed by atoms with van der Waals surface area (Å²) in [5.74, 6) is 1.54. The fourth-order valence-corrected chi connectivity index (χ4v) is 4.33. The molecule has 33 heavy (non-hydrogen) atoms. The number of hydrogen-bond donors (Lipinski definition) is 1. The second kappa shape index (κ2) is 10.7.